The first-order valence-electron chi connectivity index (χ1n) is 16.8. The number of H-pyrrole nitrogens is 1. The topological polar surface area (TPSA) is 122 Å². The molecular weight excluding hydrogens is 638 g/mol. The number of nitrogens with one attached hydrogen (secondary N) is 2. The van der Waals surface area contributed by atoms with Crippen LogP contribution in [0.3, 0.4) is 0 Å². The van der Waals surface area contributed by atoms with Crippen molar-refractivity contribution in [3.63, 3.8) is 0 Å². The average molecular weight is 684 g/mol. The van der Waals surface area contributed by atoms with Crippen LogP contribution in [0.4, 0.5) is 5.82 Å². The van der Waals surface area contributed by atoms with Gasteiger partial charge >= 0.3 is 0 Å². The summed E-state index contributed by atoms with van der Waals surface area (Å²) in [4.78, 5) is 17.4. The first-order valence-corrected chi connectivity index (χ1v) is 20.1. The third-order valence-electron chi connectivity index (χ3n) is 10.1. The standard InChI is InChI=1S/C34H46ClN5O6Si/c1-34(2,3)47(4,5)46-26-19-44-29-25(18-43-30(26)29)45-33-38-24-16-22(35)31(39-32(24)40-33)37-23-12-11-21-15-20(17-36-28(21)23)9-8-14-42-27-10-6-7-13-41-27/h8-9,15-17,23,25-27,29-30H,6-7,10-14,18-19H2,1-5H3,(H2,37,38,39,40)/b9-8+/t23?,25-,26?,27?,29?,30?/m1/s1. The van der Waals surface area contributed by atoms with E-state index in [1.807, 2.05) is 12.3 Å². The lowest BCUT2D eigenvalue weighted by Crippen LogP contribution is -2.47. The summed E-state index contributed by atoms with van der Waals surface area (Å²) in [6.45, 7) is 13.4. The predicted molar refractivity (Wildman–Crippen MR) is 182 cm³/mol. The van der Waals surface area contributed by atoms with Gasteiger partial charge in [-0.3, -0.25) is 9.97 Å². The fourth-order valence-corrected chi connectivity index (χ4v) is 7.97. The fraction of sp³-hybridized carbons (Fsp3) is 0.618. The summed E-state index contributed by atoms with van der Waals surface area (Å²) in [7, 11) is -1.97. The van der Waals surface area contributed by atoms with Crippen LogP contribution < -0.4 is 10.1 Å². The molecule has 3 aromatic heterocycles. The molecule has 1 aliphatic carbocycles. The Labute approximate surface area is 282 Å². The quantitative estimate of drug-likeness (QED) is 0.226. The zero-order chi connectivity index (χ0) is 32.8. The van der Waals surface area contributed by atoms with Crippen LogP contribution in [-0.4, -0.2) is 85.4 Å². The van der Waals surface area contributed by atoms with Gasteiger partial charge in [-0.25, -0.2) is 4.98 Å². The van der Waals surface area contributed by atoms with Crippen molar-refractivity contribution < 1.29 is 28.1 Å². The highest BCUT2D eigenvalue weighted by molar-refractivity contribution is 6.74. The Kier molecular flexibility index (Phi) is 9.38. The Balaban J connectivity index is 0.965. The molecule has 3 aliphatic heterocycles. The number of aromatic nitrogens is 4. The molecule has 6 atom stereocenters. The van der Waals surface area contributed by atoms with Gasteiger partial charge in [0.25, 0.3) is 6.01 Å². The van der Waals surface area contributed by atoms with Gasteiger partial charge < -0.3 is 33.4 Å². The Hall–Kier alpha value is -2.58. The summed E-state index contributed by atoms with van der Waals surface area (Å²) in [6.07, 6.45) is 10.2. The molecular formula is C34H46ClN5O6Si. The van der Waals surface area contributed by atoms with Crippen LogP contribution in [0.25, 0.3) is 17.2 Å². The molecule has 13 heteroatoms. The van der Waals surface area contributed by atoms with E-state index in [2.05, 4.69) is 61.3 Å². The van der Waals surface area contributed by atoms with E-state index < -0.39 is 8.32 Å². The number of halogens is 1. The molecule has 0 aromatic carbocycles. The normalized spacial score (nSPS) is 27.9. The van der Waals surface area contributed by atoms with Crippen molar-refractivity contribution in [1.29, 1.82) is 0 Å². The van der Waals surface area contributed by atoms with Gasteiger partial charge in [-0.2, -0.15) is 4.98 Å². The van der Waals surface area contributed by atoms with Crippen LogP contribution in [0.15, 0.2) is 24.4 Å². The van der Waals surface area contributed by atoms with E-state index in [0.29, 0.717) is 47.8 Å². The van der Waals surface area contributed by atoms with Crippen molar-refractivity contribution in [2.45, 2.75) is 108 Å². The molecule has 4 aliphatic rings. The Morgan fingerprint density at radius 1 is 1.06 bits per heavy atom. The Morgan fingerprint density at radius 3 is 2.66 bits per heavy atom. The van der Waals surface area contributed by atoms with Gasteiger partial charge in [0.15, 0.2) is 26.4 Å². The predicted octanol–water partition coefficient (Wildman–Crippen LogP) is 6.60. The SMILES string of the molecule is CC(C)(C)[Si](C)(C)OC1COC2C1OC[C@H]2Oc1nc2cc(Cl)c(NC3CCc4cc(/C=C/COC5CCCCO5)cnc43)nc2[nH]1. The summed E-state index contributed by atoms with van der Waals surface area (Å²) >= 11 is 6.69. The highest BCUT2D eigenvalue weighted by Crippen LogP contribution is 2.41. The van der Waals surface area contributed by atoms with Crippen LogP contribution in [-0.2, 0) is 29.8 Å². The molecule has 2 N–H and O–H groups in total. The molecule has 47 heavy (non-hydrogen) atoms. The highest BCUT2D eigenvalue weighted by atomic mass is 35.5. The van der Waals surface area contributed by atoms with Crippen molar-refractivity contribution in [2.75, 3.05) is 31.7 Å². The largest absolute Gasteiger partial charge is 0.456 e. The zero-order valence-electron chi connectivity index (χ0n) is 27.9. The highest BCUT2D eigenvalue weighted by Gasteiger charge is 2.52. The molecule has 0 radical (unpaired) electrons. The molecule has 0 spiro atoms. The van der Waals surface area contributed by atoms with Gasteiger partial charge in [-0.15, -0.1) is 0 Å². The molecule has 3 fully saturated rings. The van der Waals surface area contributed by atoms with Gasteiger partial charge in [0.2, 0.25) is 0 Å². The number of hydrogen-bond donors (Lipinski definition) is 2. The van der Waals surface area contributed by atoms with Gasteiger partial charge in [0, 0.05) is 12.8 Å². The number of pyridine rings is 2. The second-order valence-electron chi connectivity index (χ2n) is 14.5. The number of rotatable bonds is 10. The third kappa shape index (κ3) is 7.10. The number of anilines is 1. The van der Waals surface area contributed by atoms with E-state index in [-0.39, 0.29) is 41.8 Å². The minimum atomic E-state index is -1.97. The second kappa shape index (κ2) is 13.4. The van der Waals surface area contributed by atoms with Crippen molar-refractivity contribution in [3.05, 3.63) is 46.2 Å². The summed E-state index contributed by atoms with van der Waals surface area (Å²) in [6, 6.07) is 4.36. The summed E-state index contributed by atoms with van der Waals surface area (Å²) in [5, 5.41) is 4.11. The molecule has 254 valence electrons. The number of nitrogens with zero attached hydrogens (tertiary/aromatic N) is 3. The molecule has 11 nitrogen and oxygen atoms in total. The zero-order valence-corrected chi connectivity index (χ0v) is 29.6. The summed E-state index contributed by atoms with van der Waals surface area (Å²) in [5.41, 5.74) is 4.50. The van der Waals surface area contributed by atoms with Gasteiger partial charge in [0.05, 0.1) is 42.7 Å². The van der Waals surface area contributed by atoms with Gasteiger partial charge in [-0.1, -0.05) is 44.5 Å². The lowest BCUT2D eigenvalue weighted by molar-refractivity contribution is -0.155. The Bertz CT molecular complexity index is 1610. The van der Waals surface area contributed by atoms with Crippen molar-refractivity contribution in [2.24, 2.45) is 0 Å². The van der Waals surface area contributed by atoms with Crippen LogP contribution in [0.2, 0.25) is 23.2 Å². The number of aryl methyl sites for hydroxylation is 1. The molecule has 0 amide bonds. The minimum Gasteiger partial charge on any atom is -0.456 e. The van der Waals surface area contributed by atoms with Gasteiger partial charge in [0.1, 0.15) is 23.5 Å². The van der Waals surface area contributed by atoms with E-state index in [9.17, 15) is 0 Å². The lowest BCUT2D eigenvalue weighted by Gasteiger charge is -2.39. The number of fused-ring (bicyclic) bond motifs is 3. The van der Waals surface area contributed by atoms with E-state index in [0.717, 1.165) is 50.0 Å². The smallest absolute Gasteiger partial charge is 0.296 e. The second-order valence-corrected chi connectivity index (χ2v) is 19.6. The fourth-order valence-electron chi connectivity index (χ4n) is 6.46. The van der Waals surface area contributed by atoms with E-state index >= 15 is 0 Å². The van der Waals surface area contributed by atoms with Crippen LogP contribution in [0.1, 0.15) is 69.3 Å². The number of aromatic amines is 1. The molecule has 6 heterocycles. The van der Waals surface area contributed by atoms with Crippen molar-refractivity contribution in [1.82, 2.24) is 19.9 Å². The number of hydrogen-bond acceptors (Lipinski definition) is 10. The first kappa shape index (κ1) is 32.9. The lowest BCUT2D eigenvalue weighted by atomic mass is 10.1. The Morgan fingerprint density at radius 2 is 1.87 bits per heavy atom. The summed E-state index contributed by atoms with van der Waals surface area (Å²) in [5.74, 6) is 0.578. The van der Waals surface area contributed by atoms with Crippen LogP contribution >= 0.6 is 11.6 Å². The first-order chi connectivity index (χ1) is 22.5. The molecule has 3 aromatic rings. The van der Waals surface area contributed by atoms with E-state index in [1.54, 1.807) is 6.07 Å². The van der Waals surface area contributed by atoms with Gasteiger partial charge in [-0.05, 0) is 73.5 Å². The van der Waals surface area contributed by atoms with Crippen LogP contribution in [0, 0.1) is 0 Å². The average Bonchev–Trinajstić information content (AvgIpc) is 3.81. The third-order valence-corrected chi connectivity index (χ3v) is 14.9. The maximum atomic E-state index is 6.69. The van der Waals surface area contributed by atoms with Crippen LogP contribution in [0.5, 0.6) is 6.01 Å². The monoisotopic (exact) mass is 683 g/mol. The molecule has 0 bridgehead atoms. The minimum absolute atomic E-state index is 0.00415. The number of ether oxygens (including phenoxy) is 5. The molecule has 5 unspecified atom stereocenters. The maximum Gasteiger partial charge on any atom is 0.296 e. The van der Waals surface area contributed by atoms with E-state index in [1.165, 1.54) is 5.56 Å². The van der Waals surface area contributed by atoms with Crippen molar-refractivity contribution >= 4 is 43.0 Å². The molecule has 0 saturated carbocycles. The summed E-state index contributed by atoms with van der Waals surface area (Å²) < 4.78 is 36.6. The molecule has 7 rings (SSSR count). The van der Waals surface area contributed by atoms with Crippen molar-refractivity contribution in [3.8, 4) is 6.01 Å². The molecule has 3 saturated heterocycles. The van der Waals surface area contributed by atoms with E-state index in [4.69, 9.17) is 49.7 Å². The number of imidazole rings is 1. The maximum absolute atomic E-state index is 6.69.